The zero-order valence-electron chi connectivity index (χ0n) is 10.3. The van der Waals surface area contributed by atoms with Crippen LogP contribution in [0.5, 0.6) is 0 Å². The highest BCUT2D eigenvalue weighted by atomic mass is 35.5. The lowest BCUT2D eigenvalue weighted by Gasteiger charge is -2.11. The number of benzene rings is 2. The molecule has 0 spiro atoms. The third-order valence-corrected chi connectivity index (χ3v) is 4.75. The molecule has 20 heavy (non-hydrogen) atoms. The Hall–Kier alpha value is -1.30. The molecule has 2 aromatic carbocycles. The molecule has 0 aliphatic rings. The molecule has 1 N–H and O–H groups in total. The smallest absolute Gasteiger partial charge is 0.261 e. The van der Waals surface area contributed by atoms with Crippen molar-refractivity contribution in [2.24, 2.45) is 0 Å². The molecule has 106 valence electrons. The van der Waals surface area contributed by atoms with Gasteiger partial charge in [-0.3, -0.25) is 4.72 Å². The lowest BCUT2D eigenvalue weighted by atomic mass is 10.2. The topological polar surface area (TPSA) is 46.2 Å². The predicted molar refractivity (Wildman–Crippen MR) is 78.4 cm³/mol. The summed E-state index contributed by atoms with van der Waals surface area (Å²) in [6.07, 6.45) is 0. The number of hydrogen-bond acceptors (Lipinski definition) is 2. The number of nitrogens with one attached hydrogen (secondary N) is 1. The van der Waals surface area contributed by atoms with E-state index in [9.17, 15) is 12.8 Å². The van der Waals surface area contributed by atoms with Gasteiger partial charge in [0.2, 0.25) is 0 Å². The Kier molecular flexibility index (Phi) is 4.22. The Morgan fingerprint density at radius 3 is 2.40 bits per heavy atom. The van der Waals surface area contributed by atoms with Crippen LogP contribution in [0.2, 0.25) is 10.0 Å². The van der Waals surface area contributed by atoms with E-state index in [-0.39, 0.29) is 20.6 Å². The van der Waals surface area contributed by atoms with Gasteiger partial charge in [-0.15, -0.1) is 0 Å². The molecule has 0 fully saturated rings. The summed E-state index contributed by atoms with van der Waals surface area (Å²) >= 11 is 11.5. The van der Waals surface area contributed by atoms with Gasteiger partial charge in [0, 0.05) is 0 Å². The molecule has 0 radical (unpaired) electrons. The lowest BCUT2D eigenvalue weighted by molar-refractivity contribution is 0.601. The summed E-state index contributed by atoms with van der Waals surface area (Å²) in [6, 6.07) is 7.81. The normalized spacial score (nSPS) is 11.4. The van der Waals surface area contributed by atoms with Gasteiger partial charge < -0.3 is 0 Å². The van der Waals surface area contributed by atoms with Crippen molar-refractivity contribution in [3.8, 4) is 0 Å². The van der Waals surface area contributed by atoms with Crippen LogP contribution >= 0.6 is 23.2 Å². The molecule has 0 heterocycles. The highest BCUT2D eigenvalue weighted by Gasteiger charge is 2.17. The molecule has 0 aromatic heterocycles. The second-order valence-corrected chi connectivity index (χ2v) is 6.64. The molecule has 0 saturated heterocycles. The number of sulfonamides is 1. The summed E-state index contributed by atoms with van der Waals surface area (Å²) in [5.74, 6) is -0.526. The largest absolute Gasteiger partial charge is 0.279 e. The summed E-state index contributed by atoms with van der Waals surface area (Å²) in [5, 5.41) is 0.387. The minimum atomic E-state index is -3.85. The van der Waals surface area contributed by atoms with Gasteiger partial charge >= 0.3 is 0 Å². The highest BCUT2D eigenvalue weighted by Crippen LogP contribution is 2.26. The highest BCUT2D eigenvalue weighted by molar-refractivity contribution is 7.92. The first-order chi connectivity index (χ1) is 9.29. The molecule has 0 aliphatic heterocycles. The maximum atomic E-state index is 13.2. The summed E-state index contributed by atoms with van der Waals surface area (Å²) < 4.78 is 39.9. The Morgan fingerprint density at radius 2 is 1.75 bits per heavy atom. The van der Waals surface area contributed by atoms with E-state index in [1.165, 1.54) is 30.3 Å². The lowest BCUT2D eigenvalue weighted by Crippen LogP contribution is -2.14. The Labute approximate surface area is 126 Å². The first-order valence-electron chi connectivity index (χ1n) is 5.53. The van der Waals surface area contributed by atoms with Crippen LogP contribution in [0.1, 0.15) is 5.56 Å². The van der Waals surface area contributed by atoms with Crippen molar-refractivity contribution in [2.45, 2.75) is 11.8 Å². The first kappa shape index (κ1) is 15.1. The van der Waals surface area contributed by atoms with E-state index in [1.807, 2.05) is 0 Å². The number of rotatable bonds is 3. The van der Waals surface area contributed by atoms with Gasteiger partial charge in [0.05, 0.1) is 20.6 Å². The van der Waals surface area contributed by atoms with E-state index in [2.05, 4.69) is 4.72 Å². The van der Waals surface area contributed by atoms with Crippen molar-refractivity contribution in [3.05, 3.63) is 57.8 Å². The van der Waals surface area contributed by atoms with Crippen molar-refractivity contribution in [1.82, 2.24) is 0 Å². The maximum absolute atomic E-state index is 13.2. The minimum absolute atomic E-state index is 0.0458. The molecule has 3 nitrogen and oxygen atoms in total. The van der Waals surface area contributed by atoms with Gasteiger partial charge in [-0.25, -0.2) is 12.8 Å². The molecule has 0 saturated carbocycles. The third-order valence-electron chi connectivity index (χ3n) is 2.65. The van der Waals surface area contributed by atoms with E-state index in [0.29, 0.717) is 5.56 Å². The second kappa shape index (κ2) is 5.60. The maximum Gasteiger partial charge on any atom is 0.261 e. The molecular formula is C13H10Cl2FNO2S. The quantitative estimate of drug-likeness (QED) is 0.912. The van der Waals surface area contributed by atoms with Crippen LogP contribution in [0.3, 0.4) is 0 Å². The third kappa shape index (κ3) is 3.23. The zero-order chi connectivity index (χ0) is 14.9. The standard InChI is InChI=1S/C13H10Cl2FNO2S/c1-8-2-3-9(16)6-13(8)17-20(18,19)10-4-5-11(14)12(15)7-10/h2-7,17H,1H3. The molecule has 0 bridgehead atoms. The van der Waals surface area contributed by atoms with Crippen molar-refractivity contribution in [2.75, 3.05) is 4.72 Å². The number of hydrogen-bond donors (Lipinski definition) is 1. The van der Waals surface area contributed by atoms with Gasteiger partial charge in [-0.2, -0.15) is 0 Å². The summed E-state index contributed by atoms with van der Waals surface area (Å²) in [4.78, 5) is -0.0458. The first-order valence-corrected chi connectivity index (χ1v) is 7.77. The van der Waals surface area contributed by atoms with Crippen LogP contribution in [0.25, 0.3) is 0 Å². The predicted octanol–water partition coefficient (Wildman–Crippen LogP) is 4.24. The Morgan fingerprint density at radius 1 is 1.05 bits per heavy atom. The van der Waals surface area contributed by atoms with Crippen LogP contribution in [0.4, 0.5) is 10.1 Å². The van der Waals surface area contributed by atoms with E-state index < -0.39 is 15.8 Å². The van der Waals surface area contributed by atoms with E-state index in [1.54, 1.807) is 6.92 Å². The fraction of sp³-hybridized carbons (Fsp3) is 0.0769. The van der Waals surface area contributed by atoms with Gasteiger partial charge in [-0.05, 0) is 42.8 Å². The van der Waals surface area contributed by atoms with Gasteiger partial charge in [0.1, 0.15) is 5.82 Å². The van der Waals surface area contributed by atoms with Crippen LogP contribution in [0, 0.1) is 12.7 Å². The molecule has 7 heteroatoms. The molecule has 2 rings (SSSR count). The molecule has 2 aromatic rings. The molecule has 0 aliphatic carbocycles. The average Bonchev–Trinajstić information content (AvgIpc) is 2.36. The van der Waals surface area contributed by atoms with Crippen molar-refractivity contribution in [3.63, 3.8) is 0 Å². The Balaban J connectivity index is 2.40. The number of aryl methyl sites for hydroxylation is 1. The number of anilines is 1. The van der Waals surface area contributed by atoms with E-state index in [4.69, 9.17) is 23.2 Å². The van der Waals surface area contributed by atoms with Gasteiger partial charge in [0.15, 0.2) is 0 Å². The average molecular weight is 334 g/mol. The van der Waals surface area contributed by atoms with Crippen molar-refractivity contribution >= 4 is 38.9 Å². The van der Waals surface area contributed by atoms with Gasteiger partial charge in [0.25, 0.3) is 10.0 Å². The van der Waals surface area contributed by atoms with Crippen LogP contribution in [0.15, 0.2) is 41.3 Å². The van der Waals surface area contributed by atoms with E-state index in [0.717, 1.165) is 6.07 Å². The minimum Gasteiger partial charge on any atom is -0.279 e. The second-order valence-electron chi connectivity index (χ2n) is 4.14. The van der Waals surface area contributed by atoms with Crippen LogP contribution in [-0.4, -0.2) is 8.42 Å². The Bertz CT molecular complexity index is 763. The van der Waals surface area contributed by atoms with Gasteiger partial charge in [-0.1, -0.05) is 29.3 Å². The summed E-state index contributed by atoms with van der Waals surface area (Å²) in [7, 11) is -3.85. The molecular weight excluding hydrogens is 324 g/mol. The van der Waals surface area contributed by atoms with Crippen molar-refractivity contribution < 1.29 is 12.8 Å². The van der Waals surface area contributed by atoms with Crippen LogP contribution < -0.4 is 4.72 Å². The fourth-order valence-electron chi connectivity index (χ4n) is 1.55. The van der Waals surface area contributed by atoms with Crippen LogP contribution in [-0.2, 0) is 10.0 Å². The fourth-order valence-corrected chi connectivity index (χ4v) is 3.06. The van der Waals surface area contributed by atoms with E-state index >= 15 is 0 Å². The zero-order valence-corrected chi connectivity index (χ0v) is 12.7. The molecule has 0 atom stereocenters. The summed E-state index contributed by atoms with van der Waals surface area (Å²) in [5.41, 5.74) is 0.783. The molecule has 0 amide bonds. The summed E-state index contributed by atoms with van der Waals surface area (Å²) in [6.45, 7) is 1.67. The SMILES string of the molecule is Cc1ccc(F)cc1NS(=O)(=O)c1ccc(Cl)c(Cl)c1. The van der Waals surface area contributed by atoms with Crippen molar-refractivity contribution in [1.29, 1.82) is 0 Å². The number of halogens is 3. The monoisotopic (exact) mass is 333 g/mol. The molecule has 0 unspecified atom stereocenters.